The maximum absolute atomic E-state index is 10.8. The summed E-state index contributed by atoms with van der Waals surface area (Å²) in [5.41, 5.74) is 0. The van der Waals surface area contributed by atoms with E-state index >= 15 is 0 Å². The molecule has 0 spiro atoms. The number of nitrogens with one attached hydrogen (secondary N) is 2. The molecule has 0 radical (unpaired) electrons. The molecule has 0 aromatic heterocycles. The molecule has 62 valence electrons. The Kier molecular flexibility index (Phi) is 2.46. The van der Waals surface area contributed by atoms with E-state index in [0.717, 1.165) is 6.42 Å². The number of carbonyl (C=O) groups excluding carboxylic acids is 2. The van der Waals surface area contributed by atoms with E-state index in [1.165, 1.54) is 0 Å². The van der Waals surface area contributed by atoms with Crippen LogP contribution < -0.4 is 10.6 Å². The van der Waals surface area contributed by atoms with E-state index in [4.69, 9.17) is 0 Å². The van der Waals surface area contributed by atoms with Gasteiger partial charge in [0.25, 0.3) is 0 Å². The predicted octanol–water partition coefficient (Wildman–Crippen LogP) is -0.599. The van der Waals surface area contributed by atoms with Gasteiger partial charge in [-0.15, -0.1) is 0 Å². The van der Waals surface area contributed by atoms with Gasteiger partial charge in [0.15, 0.2) is 0 Å². The molecule has 11 heavy (non-hydrogen) atoms. The van der Waals surface area contributed by atoms with Gasteiger partial charge in [-0.3, -0.25) is 9.59 Å². The van der Waals surface area contributed by atoms with Gasteiger partial charge in [-0.1, -0.05) is 0 Å². The van der Waals surface area contributed by atoms with Crippen LogP contribution in [0.2, 0.25) is 0 Å². The molecule has 4 heteroatoms. The molecule has 1 aliphatic heterocycles. The molecule has 0 aromatic carbocycles. The molecule has 0 bridgehead atoms. The van der Waals surface area contributed by atoms with Crippen LogP contribution in [-0.2, 0) is 9.59 Å². The summed E-state index contributed by atoms with van der Waals surface area (Å²) in [6, 6.07) is 0.0578. The molecule has 0 aromatic rings. The van der Waals surface area contributed by atoms with Crippen LogP contribution in [0.15, 0.2) is 0 Å². The van der Waals surface area contributed by atoms with E-state index < -0.39 is 0 Å². The van der Waals surface area contributed by atoms with Crippen molar-refractivity contribution < 1.29 is 9.59 Å². The van der Waals surface area contributed by atoms with Gasteiger partial charge in [0.05, 0.1) is 0 Å². The summed E-state index contributed by atoms with van der Waals surface area (Å²) < 4.78 is 0. The fraction of sp³-hybridized carbons (Fsp3) is 0.714. The Hall–Kier alpha value is -1.06. The number of hydrogen-bond acceptors (Lipinski definition) is 2. The third-order valence-corrected chi connectivity index (χ3v) is 1.80. The van der Waals surface area contributed by atoms with E-state index in [1.807, 2.05) is 0 Å². The van der Waals surface area contributed by atoms with Crippen LogP contribution in [0.1, 0.15) is 19.3 Å². The normalized spacial score (nSPS) is 23.0. The fourth-order valence-corrected chi connectivity index (χ4v) is 1.16. The fourth-order valence-electron chi connectivity index (χ4n) is 1.16. The second-order valence-electron chi connectivity index (χ2n) is 2.68. The van der Waals surface area contributed by atoms with Crippen molar-refractivity contribution in [1.82, 2.24) is 10.6 Å². The van der Waals surface area contributed by atoms with Crippen molar-refractivity contribution in [2.45, 2.75) is 25.3 Å². The van der Waals surface area contributed by atoms with Gasteiger partial charge in [-0.05, 0) is 6.42 Å². The van der Waals surface area contributed by atoms with Crippen LogP contribution in [0, 0.1) is 0 Å². The first-order valence-corrected chi connectivity index (χ1v) is 3.72. The number of rotatable bonds is 2. The summed E-state index contributed by atoms with van der Waals surface area (Å²) in [6.45, 7) is 0. The second kappa shape index (κ2) is 3.37. The Morgan fingerprint density at radius 3 is 3.00 bits per heavy atom. The minimum absolute atomic E-state index is 0.0165. The lowest BCUT2D eigenvalue weighted by molar-refractivity contribution is -0.121. The van der Waals surface area contributed by atoms with Crippen molar-refractivity contribution in [3.05, 3.63) is 0 Å². The maximum atomic E-state index is 10.8. The lowest BCUT2D eigenvalue weighted by Crippen LogP contribution is -2.31. The largest absolute Gasteiger partial charge is 0.359 e. The summed E-state index contributed by atoms with van der Waals surface area (Å²) >= 11 is 0. The standard InChI is InChI=1S/C7H12N2O2/c1-8-7(11)4-5-2-3-6(10)9-5/h5H,2-4H2,1H3,(H,8,11)(H,9,10). The van der Waals surface area contributed by atoms with Crippen LogP contribution in [0.25, 0.3) is 0 Å². The van der Waals surface area contributed by atoms with Crippen molar-refractivity contribution in [3.8, 4) is 0 Å². The molecule has 1 heterocycles. The van der Waals surface area contributed by atoms with Crippen molar-refractivity contribution in [2.24, 2.45) is 0 Å². The van der Waals surface area contributed by atoms with Crippen LogP contribution in [-0.4, -0.2) is 24.9 Å². The average Bonchev–Trinajstić information content (AvgIpc) is 2.35. The van der Waals surface area contributed by atoms with Gasteiger partial charge < -0.3 is 10.6 Å². The van der Waals surface area contributed by atoms with E-state index in [2.05, 4.69) is 10.6 Å². The summed E-state index contributed by atoms with van der Waals surface area (Å²) in [7, 11) is 1.60. The third kappa shape index (κ3) is 2.22. The number of amides is 2. The van der Waals surface area contributed by atoms with Crippen molar-refractivity contribution in [2.75, 3.05) is 7.05 Å². The molecule has 1 fully saturated rings. The second-order valence-corrected chi connectivity index (χ2v) is 2.68. The highest BCUT2D eigenvalue weighted by Gasteiger charge is 2.22. The Balaban J connectivity index is 2.28. The molecular weight excluding hydrogens is 144 g/mol. The molecule has 0 saturated carbocycles. The highest BCUT2D eigenvalue weighted by molar-refractivity contribution is 5.81. The zero-order valence-electron chi connectivity index (χ0n) is 6.52. The van der Waals surface area contributed by atoms with Crippen LogP contribution in [0.5, 0.6) is 0 Å². The topological polar surface area (TPSA) is 58.2 Å². The van der Waals surface area contributed by atoms with Crippen LogP contribution >= 0.6 is 0 Å². The van der Waals surface area contributed by atoms with Gasteiger partial charge in [0.2, 0.25) is 11.8 Å². The van der Waals surface area contributed by atoms with E-state index in [-0.39, 0.29) is 17.9 Å². The monoisotopic (exact) mass is 156 g/mol. The van der Waals surface area contributed by atoms with E-state index in [0.29, 0.717) is 12.8 Å². The van der Waals surface area contributed by atoms with Gasteiger partial charge in [0.1, 0.15) is 0 Å². The number of hydrogen-bond donors (Lipinski definition) is 2. The summed E-state index contributed by atoms with van der Waals surface area (Å²) in [5.74, 6) is 0.0381. The minimum atomic E-state index is -0.0165. The number of carbonyl (C=O) groups is 2. The van der Waals surface area contributed by atoms with E-state index in [1.54, 1.807) is 7.05 Å². The smallest absolute Gasteiger partial charge is 0.221 e. The minimum Gasteiger partial charge on any atom is -0.359 e. The Labute approximate surface area is 65.3 Å². The highest BCUT2D eigenvalue weighted by Crippen LogP contribution is 2.09. The lowest BCUT2D eigenvalue weighted by Gasteiger charge is -2.07. The molecule has 2 N–H and O–H groups in total. The zero-order chi connectivity index (χ0) is 8.27. The van der Waals surface area contributed by atoms with Crippen molar-refractivity contribution in [3.63, 3.8) is 0 Å². The first-order valence-electron chi connectivity index (χ1n) is 3.72. The van der Waals surface area contributed by atoms with Crippen LogP contribution in [0.3, 0.4) is 0 Å². The molecule has 0 aliphatic carbocycles. The predicted molar refractivity (Wildman–Crippen MR) is 39.8 cm³/mol. The first kappa shape index (κ1) is 8.04. The van der Waals surface area contributed by atoms with Crippen molar-refractivity contribution in [1.29, 1.82) is 0 Å². The summed E-state index contributed by atoms with van der Waals surface area (Å²) in [5, 5.41) is 5.24. The van der Waals surface area contributed by atoms with Crippen LogP contribution in [0.4, 0.5) is 0 Å². The first-order chi connectivity index (χ1) is 5.22. The SMILES string of the molecule is CNC(=O)CC1CCC(=O)N1. The molecule has 1 aliphatic rings. The molecule has 2 amide bonds. The average molecular weight is 156 g/mol. The lowest BCUT2D eigenvalue weighted by atomic mass is 10.1. The van der Waals surface area contributed by atoms with Gasteiger partial charge in [-0.2, -0.15) is 0 Å². The zero-order valence-corrected chi connectivity index (χ0v) is 6.52. The Bertz CT molecular complexity index is 179. The molecule has 1 saturated heterocycles. The van der Waals surface area contributed by atoms with Gasteiger partial charge >= 0.3 is 0 Å². The summed E-state index contributed by atoms with van der Waals surface area (Å²) in [4.78, 5) is 21.5. The molecular formula is C7H12N2O2. The highest BCUT2D eigenvalue weighted by atomic mass is 16.2. The molecule has 1 unspecified atom stereocenters. The van der Waals surface area contributed by atoms with E-state index in [9.17, 15) is 9.59 Å². The third-order valence-electron chi connectivity index (χ3n) is 1.80. The Morgan fingerprint density at radius 2 is 2.55 bits per heavy atom. The van der Waals surface area contributed by atoms with Gasteiger partial charge in [-0.25, -0.2) is 0 Å². The summed E-state index contributed by atoms with van der Waals surface area (Å²) in [6.07, 6.45) is 1.75. The molecule has 1 atom stereocenters. The van der Waals surface area contributed by atoms with Gasteiger partial charge in [0, 0.05) is 25.9 Å². The maximum Gasteiger partial charge on any atom is 0.221 e. The van der Waals surface area contributed by atoms with Crippen molar-refractivity contribution >= 4 is 11.8 Å². The quantitative estimate of drug-likeness (QED) is 0.561. The molecule has 4 nitrogen and oxygen atoms in total. The Morgan fingerprint density at radius 1 is 1.82 bits per heavy atom. The molecule has 1 rings (SSSR count).